The van der Waals surface area contributed by atoms with Crippen LogP contribution in [0.5, 0.6) is 5.88 Å². The van der Waals surface area contributed by atoms with Crippen LogP contribution >= 0.6 is 0 Å². The summed E-state index contributed by atoms with van der Waals surface area (Å²) in [5.41, 5.74) is 2.06. The second kappa shape index (κ2) is 5.88. The molecule has 0 spiro atoms. The summed E-state index contributed by atoms with van der Waals surface area (Å²) >= 11 is 0. The molecule has 7 heteroatoms. The number of rotatable bonds is 2. The van der Waals surface area contributed by atoms with Gasteiger partial charge in [-0.05, 0) is 36.6 Å². The first-order chi connectivity index (χ1) is 12.1. The molecule has 2 aliphatic rings. The van der Waals surface area contributed by atoms with Crippen LogP contribution in [-0.4, -0.2) is 40.3 Å². The van der Waals surface area contributed by atoms with Crippen LogP contribution < -0.4 is 4.74 Å². The number of nitriles is 1. The largest absolute Gasteiger partial charge is 0.477 e. The molecule has 6 nitrogen and oxygen atoms in total. The van der Waals surface area contributed by atoms with Crippen molar-refractivity contribution in [1.29, 1.82) is 5.26 Å². The van der Waals surface area contributed by atoms with E-state index in [0.717, 1.165) is 12.8 Å². The maximum atomic E-state index is 14.2. The van der Waals surface area contributed by atoms with E-state index in [-0.39, 0.29) is 11.5 Å². The van der Waals surface area contributed by atoms with Crippen molar-refractivity contribution in [3.8, 4) is 23.1 Å². The van der Waals surface area contributed by atoms with Crippen molar-refractivity contribution in [3.05, 3.63) is 34.8 Å². The SMILES string of the molecule is Cc1cc(C#N)c(F)cc1-c1c(C(=O)N2CCC2)nn2c1OCCC2. The van der Waals surface area contributed by atoms with Gasteiger partial charge in [0.25, 0.3) is 5.91 Å². The van der Waals surface area contributed by atoms with Crippen LogP contribution in [0.1, 0.15) is 34.5 Å². The Morgan fingerprint density at radius 1 is 1.32 bits per heavy atom. The third-order valence-corrected chi connectivity index (χ3v) is 4.71. The van der Waals surface area contributed by atoms with E-state index in [1.807, 2.05) is 6.07 Å². The molecule has 0 bridgehead atoms. The number of carbonyl (C=O) groups is 1. The summed E-state index contributed by atoms with van der Waals surface area (Å²) in [5, 5.41) is 13.5. The first kappa shape index (κ1) is 15.6. The molecule has 4 rings (SSSR count). The van der Waals surface area contributed by atoms with Gasteiger partial charge in [-0.3, -0.25) is 4.79 Å². The maximum absolute atomic E-state index is 14.2. The number of benzene rings is 1. The van der Waals surface area contributed by atoms with E-state index >= 15 is 0 Å². The molecule has 3 heterocycles. The van der Waals surface area contributed by atoms with Crippen LogP contribution in [0.25, 0.3) is 11.1 Å². The Kier molecular flexibility index (Phi) is 3.68. The fraction of sp³-hybridized carbons (Fsp3) is 0.389. The molecule has 128 valence electrons. The number of nitrogens with zero attached hydrogens (tertiary/aromatic N) is 4. The highest BCUT2D eigenvalue weighted by molar-refractivity contribution is 6.01. The molecular formula is C18H17FN4O2. The average molecular weight is 340 g/mol. The second-order valence-corrected chi connectivity index (χ2v) is 6.36. The molecule has 0 unspecified atom stereocenters. The van der Waals surface area contributed by atoms with Crippen molar-refractivity contribution >= 4 is 5.91 Å². The fourth-order valence-electron chi connectivity index (χ4n) is 3.23. The van der Waals surface area contributed by atoms with Gasteiger partial charge in [0.2, 0.25) is 5.88 Å². The van der Waals surface area contributed by atoms with Gasteiger partial charge in [0.15, 0.2) is 5.69 Å². The maximum Gasteiger partial charge on any atom is 0.275 e. The van der Waals surface area contributed by atoms with Gasteiger partial charge in [0.1, 0.15) is 11.9 Å². The van der Waals surface area contributed by atoms with Crippen molar-refractivity contribution in [2.24, 2.45) is 0 Å². The number of carbonyl (C=O) groups excluding carboxylic acids is 1. The zero-order valence-corrected chi connectivity index (χ0v) is 13.9. The molecule has 1 aromatic carbocycles. The molecule has 0 radical (unpaired) electrons. The van der Waals surface area contributed by atoms with Gasteiger partial charge in [0.05, 0.1) is 17.7 Å². The Balaban J connectivity index is 1.91. The summed E-state index contributed by atoms with van der Waals surface area (Å²) in [7, 11) is 0. The van der Waals surface area contributed by atoms with Gasteiger partial charge in [-0.1, -0.05) is 0 Å². The Bertz CT molecular complexity index is 909. The summed E-state index contributed by atoms with van der Waals surface area (Å²) in [4.78, 5) is 14.5. The molecular weight excluding hydrogens is 323 g/mol. The average Bonchev–Trinajstić information content (AvgIpc) is 2.94. The number of fused-ring (bicyclic) bond motifs is 1. The van der Waals surface area contributed by atoms with Crippen molar-refractivity contribution in [1.82, 2.24) is 14.7 Å². The van der Waals surface area contributed by atoms with Crippen LogP contribution in [0.2, 0.25) is 0 Å². The van der Waals surface area contributed by atoms with E-state index < -0.39 is 5.82 Å². The molecule has 0 atom stereocenters. The Hall–Kier alpha value is -2.88. The standard InChI is InChI=1S/C18H17FN4O2/c1-11-8-12(10-20)14(19)9-13(11)15-16(17(24)22-4-2-5-22)21-23-6-3-7-25-18(15)23/h8-9H,2-7H2,1H3. The first-order valence-corrected chi connectivity index (χ1v) is 8.33. The molecule has 25 heavy (non-hydrogen) atoms. The van der Waals surface area contributed by atoms with Crippen molar-refractivity contribution in [3.63, 3.8) is 0 Å². The van der Waals surface area contributed by atoms with E-state index in [9.17, 15) is 9.18 Å². The summed E-state index contributed by atoms with van der Waals surface area (Å²) < 4.78 is 21.7. The van der Waals surface area contributed by atoms with Crippen LogP contribution in [0, 0.1) is 24.1 Å². The van der Waals surface area contributed by atoms with Crippen molar-refractivity contribution in [2.75, 3.05) is 19.7 Å². The highest BCUT2D eigenvalue weighted by atomic mass is 19.1. The van der Waals surface area contributed by atoms with E-state index in [4.69, 9.17) is 10.00 Å². The zero-order chi connectivity index (χ0) is 17.6. The lowest BCUT2D eigenvalue weighted by Crippen LogP contribution is -2.42. The van der Waals surface area contributed by atoms with Gasteiger partial charge < -0.3 is 9.64 Å². The molecule has 2 aromatic rings. The molecule has 2 aliphatic heterocycles. The predicted molar refractivity (Wildman–Crippen MR) is 87.7 cm³/mol. The van der Waals surface area contributed by atoms with E-state index in [2.05, 4.69) is 5.10 Å². The van der Waals surface area contributed by atoms with Gasteiger partial charge >= 0.3 is 0 Å². The number of hydrogen-bond donors (Lipinski definition) is 0. The van der Waals surface area contributed by atoms with Crippen molar-refractivity contribution in [2.45, 2.75) is 26.3 Å². The van der Waals surface area contributed by atoms with Gasteiger partial charge in [-0.15, -0.1) is 0 Å². The molecule has 1 fully saturated rings. The minimum absolute atomic E-state index is 0.0150. The van der Waals surface area contributed by atoms with Crippen LogP contribution in [0.3, 0.4) is 0 Å². The zero-order valence-electron chi connectivity index (χ0n) is 13.9. The second-order valence-electron chi connectivity index (χ2n) is 6.36. The lowest BCUT2D eigenvalue weighted by molar-refractivity contribution is 0.0645. The van der Waals surface area contributed by atoms with E-state index in [1.165, 1.54) is 12.1 Å². The number of aryl methyl sites for hydroxylation is 2. The lowest BCUT2D eigenvalue weighted by atomic mass is 9.97. The van der Waals surface area contributed by atoms with Gasteiger partial charge in [-0.25, -0.2) is 9.07 Å². The van der Waals surface area contributed by atoms with Crippen LogP contribution in [0.15, 0.2) is 12.1 Å². The van der Waals surface area contributed by atoms with Crippen LogP contribution in [0.4, 0.5) is 4.39 Å². The molecule has 1 amide bonds. The number of amides is 1. The highest BCUT2D eigenvalue weighted by Crippen LogP contribution is 2.39. The summed E-state index contributed by atoms with van der Waals surface area (Å²) in [6.07, 6.45) is 1.79. The molecule has 0 aliphatic carbocycles. The van der Waals surface area contributed by atoms with Crippen LogP contribution in [-0.2, 0) is 6.54 Å². The first-order valence-electron chi connectivity index (χ1n) is 8.33. The minimum atomic E-state index is -0.610. The quantitative estimate of drug-likeness (QED) is 0.842. The third kappa shape index (κ3) is 2.45. The van der Waals surface area contributed by atoms with Gasteiger partial charge in [-0.2, -0.15) is 10.4 Å². The summed E-state index contributed by atoms with van der Waals surface area (Å²) in [5.74, 6) is -0.264. The fourth-order valence-corrected chi connectivity index (χ4v) is 3.23. The Morgan fingerprint density at radius 3 is 2.80 bits per heavy atom. The smallest absolute Gasteiger partial charge is 0.275 e. The summed E-state index contributed by atoms with van der Waals surface area (Å²) in [6.45, 7) is 4.41. The normalized spacial score (nSPS) is 15.8. The minimum Gasteiger partial charge on any atom is -0.477 e. The number of halogens is 1. The Morgan fingerprint density at radius 2 is 2.12 bits per heavy atom. The molecule has 0 saturated carbocycles. The van der Waals surface area contributed by atoms with Gasteiger partial charge in [0, 0.05) is 26.1 Å². The van der Waals surface area contributed by atoms with Crippen molar-refractivity contribution < 1.29 is 13.9 Å². The van der Waals surface area contributed by atoms with E-state index in [0.29, 0.717) is 54.5 Å². The molecule has 1 saturated heterocycles. The number of hydrogen-bond acceptors (Lipinski definition) is 4. The topological polar surface area (TPSA) is 71.2 Å². The van der Waals surface area contributed by atoms with E-state index in [1.54, 1.807) is 16.5 Å². The number of likely N-dealkylation sites (tertiary alicyclic amines) is 1. The lowest BCUT2D eigenvalue weighted by Gasteiger charge is -2.30. The molecule has 0 N–H and O–H groups in total. The highest BCUT2D eigenvalue weighted by Gasteiger charge is 2.32. The third-order valence-electron chi connectivity index (χ3n) is 4.71. The number of aromatic nitrogens is 2. The monoisotopic (exact) mass is 340 g/mol. The number of ether oxygens (including phenoxy) is 1. The predicted octanol–water partition coefficient (Wildman–Crippen LogP) is 2.50. The molecule has 1 aromatic heterocycles. The summed E-state index contributed by atoms with van der Waals surface area (Å²) in [6, 6.07) is 4.64. The Labute approximate surface area is 144 Å².